The Hall–Kier alpha value is -2.34. The molecule has 1 aliphatic heterocycles. The normalized spacial score (nSPS) is 17.3. The number of fused-ring (bicyclic) bond motifs is 1. The van der Waals surface area contributed by atoms with Crippen LogP contribution < -0.4 is 10.2 Å². The fourth-order valence-corrected chi connectivity index (χ4v) is 3.79. The lowest BCUT2D eigenvalue weighted by Gasteiger charge is -2.37. The van der Waals surface area contributed by atoms with E-state index in [0.29, 0.717) is 19.1 Å². The number of nitrogens with zero attached hydrogens (tertiary/aromatic N) is 4. The average molecular weight is 386 g/mol. The smallest absolute Gasteiger partial charge is 0.242 e. The first-order valence-electron chi connectivity index (χ1n) is 9.44. The summed E-state index contributed by atoms with van der Waals surface area (Å²) in [6.07, 6.45) is 5.84. The van der Waals surface area contributed by atoms with Crippen molar-refractivity contribution < 1.29 is 4.79 Å². The van der Waals surface area contributed by atoms with Crippen LogP contribution in [0.5, 0.6) is 0 Å². The molecule has 27 heavy (non-hydrogen) atoms. The number of anilines is 2. The van der Waals surface area contributed by atoms with Crippen molar-refractivity contribution in [1.29, 1.82) is 0 Å². The molecule has 1 fully saturated rings. The predicted molar refractivity (Wildman–Crippen MR) is 107 cm³/mol. The summed E-state index contributed by atoms with van der Waals surface area (Å²) < 4.78 is 0. The molecule has 1 aliphatic carbocycles. The Morgan fingerprint density at radius 1 is 1.19 bits per heavy atom. The van der Waals surface area contributed by atoms with Crippen molar-refractivity contribution in [3.63, 3.8) is 0 Å². The molecular formula is C20H24ClN5O. The topological polar surface area (TPSA) is 61.4 Å². The summed E-state index contributed by atoms with van der Waals surface area (Å²) >= 11 is 5.95. The second-order valence-corrected chi connectivity index (χ2v) is 7.73. The van der Waals surface area contributed by atoms with E-state index in [4.69, 9.17) is 11.6 Å². The fourth-order valence-electron chi connectivity index (χ4n) is 3.66. The van der Waals surface area contributed by atoms with Gasteiger partial charge < -0.3 is 15.1 Å². The van der Waals surface area contributed by atoms with Crippen LogP contribution in [-0.4, -0.2) is 47.0 Å². The van der Waals surface area contributed by atoms with Gasteiger partial charge in [0.15, 0.2) is 0 Å². The Kier molecular flexibility index (Phi) is 5.16. The summed E-state index contributed by atoms with van der Waals surface area (Å²) in [5.74, 6) is 1.83. The molecule has 1 saturated carbocycles. The van der Waals surface area contributed by atoms with Gasteiger partial charge in [-0.05, 0) is 43.4 Å². The van der Waals surface area contributed by atoms with Gasteiger partial charge in [0.25, 0.3) is 0 Å². The number of carbonyl (C=O) groups is 1. The largest absolute Gasteiger partial charge is 0.369 e. The zero-order chi connectivity index (χ0) is 18.8. The van der Waals surface area contributed by atoms with Gasteiger partial charge in [0.05, 0.1) is 18.7 Å². The van der Waals surface area contributed by atoms with Crippen LogP contribution in [0.2, 0.25) is 5.02 Å². The number of nitrogens with one attached hydrogen (secondary N) is 1. The molecule has 142 valence electrons. The maximum atomic E-state index is 12.7. The molecule has 2 aliphatic rings. The molecule has 6 nitrogen and oxygen atoms in total. The Morgan fingerprint density at radius 2 is 1.96 bits per heavy atom. The van der Waals surface area contributed by atoms with Crippen molar-refractivity contribution in [3.05, 3.63) is 46.7 Å². The first-order valence-corrected chi connectivity index (χ1v) is 9.82. The predicted octanol–water partition coefficient (Wildman–Crippen LogP) is 3.12. The third kappa shape index (κ3) is 3.86. The number of halogens is 1. The van der Waals surface area contributed by atoms with Crippen LogP contribution in [0.1, 0.15) is 30.4 Å². The van der Waals surface area contributed by atoms with Gasteiger partial charge in [0, 0.05) is 24.7 Å². The average Bonchev–Trinajstić information content (AvgIpc) is 2.73. The van der Waals surface area contributed by atoms with Crippen molar-refractivity contribution in [1.82, 2.24) is 14.9 Å². The van der Waals surface area contributed by atoms with E-state index in [1.165, 1.54) is 12.0 Å². The number of benzene rings is 1. The minimum Gasteiger partial charge on any atom is -0.369 e. The van der Waals surface area contributed by atoms with E-state index >= 15 is 0 Å². The number of carbonyl (C=O) groups excluding carboxylic acids is 1. The molecular weight excluding hydrogens is 362 g/mol. The van der Waals surface area contributed by atoms with Gasteiger partial charge in [-0.2, -0.15) is 0 Å². The van der Waals surface area contributed by atoms with Gasteiger partial charge >= 0.3 is 0 Å². The molecule has 0 saturated heterocycles. The fraction of sp³-hybridized carbons (Fsp3) is 0.450. The van der Waals surface area contributed by atoms with E-state index in [1.807, 2.05) is 41.1 Å². The second kappa shape index (κ2) is 7.72. The summed E-state index contributed by atoms with van der Waals surface area (Å²) in [7, 11) is 1.92. The molecule has 1 aromatic heterocycles. The highest BCUT2D eigenvalue weighted by molar-refractivity contribution is 6.30. The third-order valence-corrected chi connectivity index (χ3v) is 5.69. The highest BCUT2D eigenvalue weighted by Crippen LogP contribution is 2.32. The van der Waals surface area contributed by atoms with Gasteiger partial charge in [0.2, 0.25) is 5.91 Å². The Bertz CT molecular complexity index is 822. The van der Waals surface area contributed by atoms with Crippen LogP contribution in [-0.2, 0) is 17.8 Å². The van der Waals surface area contributed by atoms with E-state index < -0.39 is 0 Å². The number of hydrogen-bond donors (Lipinski definition) is 1. The third-order valence-electron chi connectivity index (χ3n) is 5.44. The summed E-state index contributed by atoms with van der Waals surface area (Å²) in [6, 6.07) is 8.25. The molecule has 0 atom stereocenters. The molecule has 0 spiro atoms. The number of rotatable bonds is 5. The van der Waals surface area contributed by atoms with Crippen molar-refractivity contribution in [2.24, 2.45) is 0 Å². The first kappa shape index (κ1) is 18.0. The Balaban J connectivity index is 1.51. The van der Waals surface area contributed by atoms with Crippen LogP contribution in [0.25, 0.3) is 0 Å². The van der Waals surface area contributed by atoms with E-state index in [2.05, 4.69) is 15.3 Å². The number of hydrogen-bond acceptors (Lipinski definition) is 5. The van der Waals surface area contributed by atoms with Crippen molar-refractivity contribution in [3.8, 4) is 0 Å². The van der Waals surface area contributed by atoms with Gasteiger partial charge in [0.1, 0.15) is 18.0 Å². The molecule has 4 rings (SSSR count). The maximum Gasteiger partial charge on any atom is 0.242 e. The number of likely N-dealkylation sites (N-methyl/N-ethyl adjacent to an activating group) is 1. The summed E-state index contributed by atoms with van der Waals surface area (Å²) in [5, 5.41) is 4.19. The lowest BCUT2D eigenvalue weighted by Crippen LogP contribution is -2.45. The first-order chi connectivity index (χ1) is 13.1. The van der Waals surface area contributed by atoms with Crippen molar-refractivity contribution in [2.45, 2.75) is 38.3 Å². The van der Waals surface area contributed by atoms with Crippen molar-refractivity contribution >= 4 is 29.1 Å². The molecule has 7 heteroatoms. The van der Waals surface area contributed by atoms with E-state index in [0.717, 1.165) is 48.0 Å². The van der Waals surface area contributed by atoms with Crippen LogP contribution in [0.3, 0.4) is 0 Å². The number of aromatic nitrogens is 2. The van der Waals surface area contributed by atoms with Gasteiger partial charge in [-0.25, -0.2) is 9.97 Å². The summed E-state index contributed by atoms with van der Waals surface area (Å²) in [4.78, 5) is 25.5. The Morgan fingerprint density at radius 3 is 2.67 bits per heavy atom. The van der Waals surface area contributed by atoms with Gasteiger partial charge in [-0.1, -0.05) is 23.7 Å². The summed E-state index contributed by atoms with van der Waals surface area (Å²) in [5.41, 5.74) is 2.23. The van der Waals surface area contributed by atoms with Crippen LogP contribution in [0.15, 0.2) is 30.6 Å². The van der Waals surface area contributed by atoms with E-state index in [9.17, 15) is 4.79 Å². The molecule has 0 radical (unpaired) electrons. The van der Waals surface area contributed by atoms with Gasteiger partial charge in [-0.15, -0.1) is 0 Å². The Labute approximate surface area is 164 Å². The van der Waals surface area contributed by atoms with E-state index in [1.54, 1.807) is 6.33 Å². The molecule has 0 bridgehead atoms. The van der Waals surface area contributed by atoms with Crippen LogP contribution in [0, 0.1) is 0 Å². The molecule has 0 unspecified atom stereocenters. The minimum atomic E-state index is 0.173. The number of amides is 1. The maximum absolute atomic E-state index is 12.7. The molecule has 1 amide bonds. The minimum absolute atomic E-state index is 0.173. The lowest BCUT2D eigenvalue weighted by atomic mass is 9.91. The SMILES string of the molecule is CN1CC(=O)N(C2CCC2)Cc2c(NCCc3ccc(Cl)cc3)ncnc21. The van der Waals surface area contributed by atoms with Gasteiger partial charge in [-0.3, -0.25) is 4.79 Å². The standard InChI is InChI=1S/C20H24ClN5O/c1-25-12-18(27)26(16-3-2-4-16)11-17-19(23-13-24-20(17)25)22-10-9-14-5-7-15(21)8-6-14/h5-8,13,16H,2-4,9-12H2,1H3,(H,22,23,24). The second-order valence-electron chi connectivity index (χ2n) is 7.29. The van der Waals surface area contributed by atoms with Crippen LogP contribution >= 0.6 is 11.6 Å². The monoisotopic (exact) mass is 385 g/mol. The van der Waals surface area contributed by atoms with Crippen LogP contribution in [0.4, 0.5) is 11.6 Å². The quantitative estimate of drug-likeness (QED) is 0.856. The lowest BCUT2D eigenvalue weighted by molar-refractivity contribution is -0.134. The summed E-state index contributed by atoms with van der Waals surface area (Å²) in [6.45, 7) is 1.70. The molecule has 1 aromatic carbocycles. The molecule has 2 heterocycles. The van der Waals surface area contributed by atoms with E-state index in [-0.39, 0.29) is 5.91 Å². The molecule has 2 aromatic rings. The zero-order valence-corrected chi connectivity index (χ0v) is 16.2. The highest BCUT2D eigenvalue weighted by Gasteiger charge is 2.33. The van der Waals surface area contributed by atoms with Crippen molar-refractivity contribution in [2.75, 3.05) is 30.4 Å². The molecule has 1 N–H and O–H groups in total. The zero-order valence-electron chi connectivity index (χ0n) is 15.5. The highest BCUT2D eigenvalue weighted by atomic mass is 35.5.